The highest BCUT2D eigenvalue weighted by Gasteiger charge is 2.11. The third-order valence-corrected chi connectivity index (χ3v) is 2.25. The van der Waals surface area contributed by atoms with E-state index in [-0.39, 0.29) is 5.97 Å². The highest BCUT2D eigenvalue weighted by molar-refractivity contribution is 7.11. The topological polar surface area (TPSA) is 35.5 Å². The Labute approximate surface area is 81.3 Å². The van der Waals surface area contributed by atoms with Gasteiger partial charge in [-0.1, -0.05) is 6.07 Å². The number of carbonyl (C=O) groups excluding carboxylic acids is 1. The van der Waals surface area contributed by atoms with Crippen molar-refractivity contribution in [1.29, 1.82) is 0 Å². The molecule has 0 bridgehead atoms. The van der Waals surface area contributed by atoms with Gasteiger partial charge in [0, 0.05) is 6.61 Å². The quantitative estimate of drug-likeness (QED) is 0.552. The van der Waals surface area contributed by atoms with Gasteiger partial charge in [0.05, 0.1) is 0 Å². The first-order chi connectivity index (χ1) is 6.24. The molecule has 0 spiro atoms. The lowest BCUT2D eigenvalue weighted by molar-refractivity contribution is -0.0938. The fraction of sp³-hybridized carbons (Fsp3) is 0.444. The maximum Gasteiger partial charge on any atom is 0.350 e. The molecule has 0 saturated heterocycles. The number of hydrogen-bond acceptors (Lipinski definition) is 4. The molecule has 1 atom stereocenters. The van der Waals surface area contributed by atoms with E-state index in [9.17, 15) is 4.79 Å². The van der Waals surface area contributed by atoms with E-state index in [4.69, 9.17) is 9.47 Å². The highest BCUT2D eigenvalue weighted by atomic mass is 32.1. The third-order valence-electron chi connectivity index (χ3n) is 1.40. The average molecular weight is 200 g/mol. The van der Waals surface area contributed by atoms with Crippen LogP contribution in [0.4, 0.5) is 0 Å². The van der Waals surface area contributed by atoms with Gasteiger partial charge < -0.3 is 9.47 Å². The van der Waals surface area contributed by atoms with Gasteiger partial charge in [0.25, 0.3) is 0 Å². The first-order valence-corrected chi connectivity index (χ1v) is 4.98. The van der Waals surface area contributed by atoms with E-state index < -0.39 is 6.29 Å². The zero-order valence-electron chi connectivity index (χ0n) is 7.65. The second kappa shape index (κ2) is 4.99. The second-order valence-electron chi connectivity index (χ2n) is 2.41. The van der Waals surface area contributed by atoms with E-state index in [2.05, 4.69) is 0 Å². The molecule has 0 aliphatic carbocycles. The Morgan fingerprint density at radius 1 is 1.69 bits per heavy atom. The minimum Gasteiger partial charge on any atom is -0.432 e. The van der Waals surface area contributed by atoms with Crippen LogP contribution in [0.3, 0.4) is 0 Å². The zero-order valence-corrected chi connectivity index (χ0v) is 8.47. The molecule has 1 aromatic heterocycles. The molecule has 13 heavy (non-hydrogen) atoms. The van der Waals surface area contributed by atoms with Gasteiger partial charge in [0.2, 0.25) is 6.29 Å². The van der Waals surface area contributed by atoms with Gasteiger partial charge in [-0.05, 0) is 25.3 Å². The van der Waals surface area contributed by atoms with Gasteiger partial charge >= 0.3 is 5.97 Å². The summed E-state index contributed by atoms with van der Waals surface area (Å²) in [5.41, 5.74) is 0. The van der Waals surface area contributed by atoms with Crippen LogP contribution in [0.2, 0.25) is 0 Å². The van der Waals surface area contributed by atoms with Crippen LogP contribution in [0.1, 0.15) is 23.5 Å². The van der Waals surface area contributed by atoms with Crippen molar-refractivity contribution in [3.63, 3.8) is 0 Å². The molecule has 4 heteroatoms. The van der Waals surface area contributed by atoms with E-state index in [1.165, 1.54) is 11.3 Å². The monoisotopic (exact) mass is 200 g/mol. The van der Waals surface area contributed by atoms with Crippen LogP contribution >= 0.6 is 11.3 Å². The molecule has 0 fully saturated rings. The van der Waals surface area contributed by atoms with Crippen LogP contribution in [-0.2, 0) is 9.47 Å². The predicted octanol–water partition coefficient (Wildman–Crippen LogP) is 2.29. The van der Waals surface area contributed by atoms with Crippen molar-refractivity contribution in [2.24, 2.45) is 0 Å². The van der Waals surface area contributed by atoms with E-state index in [1.54, 1.807) is 13.0 Å². The summed E-state index contributed by atoms with van der Waals surface area (Å²) in [7, 11) is 0. The normalized spacial score (nSPS) is 12.5. The molecule has 72 valence electrons. The summed E-state index contributed by atoms with van der Waals surface area (Å²) in [6.07, 6.45) is -0.473. The fourth-order valence-corrected chi connectivity index (χ4v) is 1.48. The molecule has 3 nitrogen and oxygen atoms in total. The lowest BCUT2D eigenvalue weighted by Crippen LogP contribution is -2.17. The molecular weight excluding hydrogens is 188 g/mol. The summed E-state index contributed by atoms with van der Waals surface area (Å²) in [4.78, 5) is 11.9. The minimum atomic E-state index is -0.473. The highest BCUT2D eigenvalue weighted by Crippen LogP contribution is 2.11. The van der Waals surface area contributed by atoms with Crippen molar-refractivity contribution in [2.45, 2.75) is 20.1 Å². The first kappa shape index (κ1) is 10.2. The van der Waals surface area contributed by atoms with Crippen molar-refractivity contribution < 1.29 is 14.3 Å². The van der Waals surface area contributed by atoms with Crippen molar-refractivity contribution in [2.75, 3.05) is 6.61 Å². The first-order valence-electron chi connectivity index (χ1n) is 4.10. The summed E-state index contributed by atoms with van der Waals surface area (Å²) < 4.78 is 10.1. The standard InChI is InChI=1S/C9H12O3S/c1-3-11-7(2)12-9(10)8-5-4-6-13-8/h4-7H,3H2,1-2H3. The smallest absolute Gasteiger partial charge is 0.350 e. The molecule has 1 rings (SSSR count). The summed E-state index contributed by atoms with van der Waals surface area (Å²) >= 11 is 1.36. The maximum absolute atomic E-state index is 11.3. The lowest BCUT2D eigenvalue weighted by atomic mass is 10.5. The van der Waals surface area contributed by atoms with E-state index >= 15 is 0 Å². The molecule has 0 aliphatic heterocycles. The van der Waals surface area contributed by atoms with Crippen LogP contribution in [0.5, 0.6) is 0 Å². The minimum absolute atomic E-state index is 0.323. The molecule has 0 saturated carbocycles. The number of ether oxygens (including phenoxy) is 2. The van der Waals surface area contributed by atoms with Gasteiger partial charge in [-0.25, -0.2) is 4.79 Å². The largest absolute Gasteiger partial charge is 0.432 e. The molecule has 0 N–H and O–H groups in total. The zero-order chi connectivity index (χ0) is 9.68. The second-order valence-corrected chi connectivity index (χ2v) is 3.35. The maximum atomic E-state index is 11.3. The predicted molar refractivity (Wildman–Crippen MR) is 50.8 cm³/mol. The Bertz CT molecular complexity index is 256. The van der Waals surface area contributed by atoms with Gasteiger partial charge in [0.1, 0.15) is 4.88 Å². The SMILES string of the molecule is CCOC(C)OC(=O)c1cccs1. The average Bonchev–Trinajstić information content (AvgIpc) is 2.55. The van der Waals surface area contributed by atoms with Crippen molar-refractivity contribution >= 4 is 17.3 Å². The lowest BCUT2D eigenvalue weighted by Gasteiger charge is -2.11. The van der Waals surface area contributed by atoms with Crippen LogP contribution < -0.4 is 0 Å². The van der Waals surface area contributed by atoms with Crippen LogP contribution in [0.15, 0.2) is 17.5 Å². The van der Waals surface area contributed by atoms with Gasteiger partial charge in [-0.15, -0.1) is 11.3 Å². The fourth-order valence-electron chi connectivity index (χ4n) is 0.872. The van der Waals surface area contributed by atoms with Crippen LogP contribution in [-0.4, -0.2) is 18.9 Å². The molecule has 0 radical (unpaired) electrons. The summed E-state index contributed by atoms with van der Waals surface area (Å²) in [5, 5.41) is 1.84. The Balaban J connectivity index is 2.42. The number of carbonyl (C=O) groups is 1. The van der Waals surface area contributed by atoms with Gasteiger partial charge in [-0.2, -0.15) is 0 Å². The molecule has 0 amide bonds. The van der Waals surface area contributed by atoms with Gasteiger partial charge in [-0.3, -0.25) is 0 Å². The van der Waals surface area contributed by atoms with E-state index in [1.807, 2.05) is 18.4 Å². The number of rotatable bonds is 4. The van der Waals surface area contributed by atoms with E-state index in [0.29, 0.717) is 11.5 Å². The summed E-state index contributed by atoms with van der Waals surface area (Å²) in [5.74, 6) is -0.323. The molecule has 0 aliphatic rings. The van der Waals surface area contributed by atoms with Crippen molar-refractivity contribution in [1.82, 2.24) is 0 Å². The third kappa shape index (κ3) is 3.16. The molecular formula is C9H12O3S. The Hall–Kier alpha value is -0.870. The Kier molecular flexibility index (Phi) is 3.92. The molecule has 1 heterocycles. The molecule has 1 unspecified atom stereocenters. The van der Waals surface area contributed by atoms with Crippen LogP contribution in [0, 0.1) is 0 Å². The molecule has 0 aromatic carbocycles. The molecule has 1 aromatic rings. The summed E-state index contributed by atoms with van der Waals surface area (Å²) in [6.45, 7) is 4.10. The number of esters is 1. The van der Waals surface area contributed by atoms with Crippen molar-refractivity contribution in [3.8, 4) is 0 Å². The van der Waals surface area contributed by atoms with Crippen LogP contribution in [0.25, 0.3) is 0 Å². The number of hydrogen-bond donors (Lipinski definition) is 0. The Morgan fingerprint density at radius 2 is 2.46 bits per heavy atom. The number of thiophene rings is 1. The van der Waals surface area contributed by atoms with E-state index in [0.717, 1.165) is 0 Å². The van der Waals surface area contributed by atoms with Crippen molar-refractivity contribution in [3.05, 3.63) is 22.4 Å². The van der Waals surface area contributed by atoms with Gasteiger partial charge in [0.15, 0.2) is 0 Å². The summed E-state index contributed by atoms with van der Waals surface area (Å²) in [6, 6.07) is 3.54. The Morgan fingerprint density at radius 3 is 3.00 bits per heavy atom.